The lowest BCUT2D eigenvalue weighted by Crippen LogP contribution is -2.28. The molecule has 0 spiro atoms. The highest BCUT2D eigenvalue weighted by molar-refractivity contribution is 7.80. The monoisotopic (exact) mass is 261 g/mol. The van der Waals surface area contributed by atoms with Crippen molar-refractivity contribution in [2.45, 2.75) is 25.7 Å². The van der Waals surface area contributed by atoms with E-state index >= 15 is 0 Å². The van der Waals surface area contributed by atoms with Crippen LogP contribution >= 0.6 is 12.2 Å². The minimum Gasteiger partial charge on any atom is -0.388 e. The van der Waals surface area contributed by atoms with Crippen LogP contribution in [0.5, 0.6) is 0 Å². The van der Waals surface area contributed by atoms with Gasteiger partial charge in [-0.05, 0) is 49.7 Å². The summed E-state index contributed by atoms with van der Waals surface area (Å²) in [7, 11) is 0. The first-order valence-corrected chi connectivity index (χ1v) is 7.14. The predicted molar refractivity (Wildman–Crippen MR) is 77.8 cm³/mol. The lowest BCUT2D eigenvalue weighted by Gasteiger charge is -2.25. The zero-order valence-electron chi connectivity index (χ0n) is 10.5. The molecule has 0 saturated heterocycles. The molecule has 0 aromatic carbocycles. The van der Waals surface area contributed by atoms with Crippen molar-refractivity contribution < 1.29 is 0 Å². The summed E-state index contributed by atoms with van der Waals surface area (Å²) in [6, 6.07) is 4.11. The molecule has 2 N–H and O–H groups in total. The summed E-state index contributed by atoms with van der Waals surface area (Å²) in [4.78, 5) is 7.10. The Hall–Kier alpha value is -1.16. The van der Waals surface area contributed by atoms with Crippen molar-refractivity contribution in [1.82, 2.24) is 4.98 Å². The second-order valence-electron chi connectivity index (χ2n) is 5.56. The van der Waals surface area contributed by atoms with Crippen molar-refractivity contribution >= 4 is 22.9 Å². The van der Waals surface area contributed by atoms with Crippen molar-refractivity contribution in [3.63, 3.8) is 0 Å². The van der Waals surface area contributed by atoms with Crippen LogP contribution in [0.1, 0.15) is 31.4 Å². The molecule has 0 bridgehead atoms. The van der Waals surface area contributed by atoms with Gasteiger partial charge in [-0.25, -0.2) is 0 Å². The van der Waals surface area contributed by atoms with Crippen LogP contribution in [0.15, 0.2) is 18.3 Å². The van der Waals surface area contributed by atoms with Gasteiger partial charge in [0, 0.05) is 25.0 Å². The summed E-state index contributed by atoms with van der Waals surface area (Å²) in [5.74, 6) is 1.79. The SMILES string of the molecule is NC(=S)c1cc(N(CC2CC2)CC2CC2)ccn1. The molecule has 0 radical (unpaired) electrons. The van der Waals surface area contributed by atoms with E-state index in [1.165, 1.54) is 44.5 Å². The van der Waals surface area contributed by atoms with Crippen LogP contribution in [-0.4, -0.2) is 23.1 Å². The van der Waals surface area contributed by atoms with Gasteiger partial charge in [-0.2, -0.15) is 0 Å². The molecule has 1 aromatic heterocycles. The van der Waals surface area contributed by atoms with E-state index < -0.39 is 0 Å². The van der Waals surface area contributed by atoms with Gasteiger partial charge in [-0.15, -0.1) is 0 Å². The summed E-state index contributed by atoms with van der Waals surface area (Å²) >= 11 is 5.01. The minimum atomic E-state index is 0.384. The normalized spacial score (nSPS) is 18.7. The molecule has 96 valence electrons. The predicted octanol–water partition coefficient (Wildman–Crippen LogP) is 2.34. The van der Waals surface area contributed by atoms with Crippen molar-refractivity contribution in [2.24, 2.45) is 17.6 Å². The molecule has 2 saturated carbocycles. The van der Waals surface area contributed by atoms with Crippen LogP contribution in [-0.2, 0) is 0 Å². The summed E-state index contributed by atoms with van der Waals surface area (Å²) in [5, 5.41) is 0. The van der Waals surface area contributed by atoms with Crippen molar-refractivity contribution in [2.75, 3.05) is 18.0 Å². The van der Waals surface area contributed by atoms with Crippen LogP contribution < -0.4 is 10.6 Å². The van der Waals surface area contributed by atoms with Gasteiger partial charge < -0.3 is 10.6 Å². The third kappa shape index (κ3) is 2.99. The highest BCUT2D eigenvalue weighted by atomic mass is 32.1. The van der Waals surface area contributed by atoms with E-state index in [-0.39, 0.29) is 0 Å². The van der Waals surface area contributed by atoms with Gasteiger partial charge in [-0.1, -0.05) is 12.2 Å². The Morgan fingerprint density at radius 3 is 2.39 bits per heavy atom. The number of anilines is 1. The molecule has 3 nitrogen and oxygen atoms in total. The standard InChI is InChI=1S/C14H19N3S/c15-14(18)13-7-12(5-6-16-13)17(8-10-1-2-10)9-11-3-4-11/h5-7,10-11H,1-4,8-9H2,(H2,15,18). The number of hydrogen-bond acceptors (Lipinski definition) is 3. The topological polar surface area (TPSA) is 42.1 Å². The molecule has 0 amide bonds. The second kappa shape index (κ2) is 4.84. The molecule has 1 heterocycles. The van der Waals surface area contributed by atoms with E-state index in [0.29, 0.717) is 4.99 Å². The molecular formula is C14H19N3S. The zero-order chi connectivity index (χ0) is 12.5. The molecule has 2 aliphatic carbocycles. The fraction of sp³-hybridized carbons (Fsp3) is 0.571. The van der Waals surface area contributed by atoms with Gasteiger partial charge in [0.2, 0.25) is 0 Å². The largest absolute Gasteiger partial charge is 0.388 e. The Bertz CT molecular complexity index is 438. The molecule has 2 fully saturated rings. The Morgan fingerprint density at radius 2 is 1.89 bits per heavy atom. The molecule has 0 unspecified atom stereocenters. The first-order chi connectivity index (χ1) is 8.72. The number of pyridine rings is 1. The van der Waals surface area contributed by atoms with E-state index in [9.17, 15) is 0 Å². The Balaban J connectivity index is 1.77. The first kappa shape index (κ1) is 11.9. The Kier molecular flexibility index (Phi) is 3.20. The van der Waals surface area contributed by atoms with Crippen LogP contribution in [0.25, 0.3) is 0 Å². The van der Waals surface area contributed by atoms with E-state index in [2.05, 4.69) is 16.0 Å². The number of hydrogen-bond donors (Lipinski definition) is 1. The third-order valence-electron chi connectivity index (χ3n) is 3.71. The summed E-state index contributed by atoms with van der Waals surface area (Å²) < 4.78 is 0. The fourth-order valence-corrected chi connectivity index (χ4v) is 2.37. The molecule has 2 aliphatic rings. The minimum absolute atomic E-state index is 0.384. The highest BCUT2D eigenvalue weighted by Gasteiger charge is 2.29. The van der Waals surface area contributed by atoms with Crippen LogP contribution in [0.2, 0.25) is 0 Å². The van der Waals surface area contributed by atoms with Crippen molar-refractivity contribution in [3.05, 3.63) is 24.0 Å². The molecule has 1 aromatic rings. The summed E-state index contributed by atoms with van der Waals surface area (Å²) in [5.41, 5.74) is 7.62. The van der Waals surface area contributed by atoms with Crippen LogP contribution in [0, 0.1) is 11.8 Å². The van der Waals surface area contributed by atoms with Gasteiger partial charge in [0.1, 0.15) is 4.99 Å². The second-order valence-corrected chi connectivity index (χ2v) is 6.00. The number of aromatic nitrogens is 1. The van der Waals surface area contributed by atoms with Gasteiger partial charge >= 0.3 is 0 Å². The Labute approximate surface area is 113 Å². The maximum atomic E-state index is 5.66. The van der Waals surface area contributed by atoms with E-state index in [1.807, 2.05) is 12.3 Å². The van der Waals surface area contributed by atoms with Gasteiger partial charge in [0.15, 0.2) is 0 Å². The third-order valence-corrected chi connectivity index (χ3v) is 3.92. The molecule has 0 atom stereocenters. The van der Waals surface area contributed by atoms with E-state index in [1.54, 1.807) is 0 Å². The van der Waals surface area contributed by atoms with Crippen molar-refractivity contribution in [3.8, 4) is 0 Å². The van der Waals surface area contributed by atoms with Crippen LogP contribution in [0.3, 0.4) is 0 Å². The number of rotatable bonds is 6. The number of nitrogens with zero attached hydrogens (tertiary/aromatic N) is 2. The Morgan fingerprint density at radius 1 is 1.28 bits per heavy atom. The average Bonchev–Trinajstić information content (AvgIpc) is 3.23. The highest BCUT2D eigenvalue weighted by Crippen LogP contribution is 2.35. The lowest BCUT2D eigenvalue weighted by molar-refractivity contribution is 0.679. The smallest absolute Gasteiger partial charge is 0.122 e. The summed E-state index contributed by atoms with van der Waals surface area (Å²) in [6.07, 6.45) is 7.35. The van der Waals surface area contributed by atoms with Gasteiger partial charge in [0.05, 0.1) is 5.69 Å². The molecule has 18 heavy (non-hydrogen) atoms. The summed E-state index contributed by atoms with van der Waals surface area (Å²) in [6.45, 7) is 2.36. The van der Waals surface area contributed by atoms with Crippen molar-refractivity contribution in [1.29, 1.82) is 0 Å². The molecule has 4 heteroatoms. The van der Waals surface area contributed by atoms with Gasteiger partial charge in [0.25, 0.3) is 0 Å². The van der Waals surface area contributed by atoms with E-state index in [0.717, 1.165) is 17.5 Å². The number of thiocarbonyl (C=S) groups is 1. The van der Waals surface area contributed by atoms with Crippen LogP contribution in [0.4, 0.5) is 5.69 Å². The average molecular weight is 261 g/mol. The first-order valence-electron chi connectivity index (χ1n) is 6.73. The quantitative estimate of drug-likeness (QED) is 0.798. The molecular weight excluding hydrogens is 242 g/mol. The van der Waals surface area contributed by atoms with E-state index in [4.69, 9.17) is 18.0 Å². The zero-order valence-corrected chi connectivity index (χ0v) is 11.3. The maximum absolute atomic E-state index is 5.66. The number of nitrogens with two attached hydrogens (primary N) is 1. The lowest BCUT2D eigenvalue weighted by atomic mass is 10.2. The molecule has 3 rings (SSSR count). The molecule has 0 aliphatic heterocycles. The maximum Gasteiger partial charge on any atom is 0.122 e. The van der Waals surface area contributed by atoms with Gasteiger partial charge in [-0.3, -0.25) is 4.98 Å². The fourth-order valence-electron chi connectivity index (χ4n) is 2.26.